The van der Waals surface area contributed by atoms with Crippen LogP contribution in [0, 0.1) is 6.92 Å². The van der Waals surface area contributed by atoms with Crippen molar-refractivity contribution in [3.8, 4) is 0 Å². The fourth-order valence-electron chi connectivity index (χ4n) is 2.19. The van der Waals surface area contributed by atoms with E-state index < -0.39 is 20.7 Å². The Morgan fingerprint density at radius 1 is 1.29 bits per heavy atom. The van der Waals surface area contributed by atoms with Crippen LogP contribution >= 0.6 is 34.8 Å². The molecule has 1 aromatic carbocycles. The van der Waals surface area contributed by atoms with E-state index in [9.17, 15) is 8.42 Å². The zero-order valence-electron chi connectivity index (χ0n) is 11.3. The molecule has 21 heavy (non-hydrogen) atoms. The standard InChI is InChI=1S/C13H14Cl3NO3S/c1-9-5-6-11-10(7-9)3-2-4-12(11)17-21(18,19)20-8-13(14,15)16/h5-7H,2-4,8H2,1H3. The van der Waals surface area contributed by atoms with Crippen LogP contribution in [0.5, 0.6) is 0 Å². The first-order valence-corrected chi connectivity index (χ1v) is 8.81. The van der Waals surface area contributed by atoms with Crippen molar-refractivity contribution in [3.63, 3.8) is 0 Å². The maximum Gasteiger partial charge on any atom is 0.381 e. The molecule has 116 valence electrons. The van der Waals surface area contributed by atoms with E-state index in [-0.39, 0.29) is 0 Å². The molecule has 0 amide bonds. The van der Waals surface area contributed by atoms with Crippen LogP contribution in [-0.2, 0) is 20.9 Å². The van der Waals surface area contributed by atoms with Gasteiger partial charge in [-0.15, -0.1) is 4.40 Å². The lowest BCUT2D eigenvalue weighted by Crippen LogP contribution is -2.19. The number of fused-ring (bicyclic) bond motifs is 1. The minimum absolute atomic E-state index is 0.487. The Bertz CT molecular complexity index is 666. The molecule has 0 aliphatic heterocycles. The summed E-state index contributed by atoms with van der Waals surface area (Å²) in [5, 5.41) is 0. The number of aryl methyl sites for hydroxylation is 2. The van der Waals surface area contributed by atoms with E-state index in [1.165, 1.54) is 0 Å². The third-order valence-electron chi connectivity index (χ3n) is 3.02. The van der Waals surface area contributed by atoms with Crippen LogP contribution in [0.3, 0.4) is 0 Å². The smallest absolute Gasteiger partial charge is 0.248 e. The molecule has 4 nitrogen and oxygen atoms in total. The fourth-order valence-corrected chi connectivity index (χ4v) is 3.38. The second-order valence-electron chi connectivity index (χ2n) is 4.86. The number of halogens is 3. The zero-order valence-corrected chi connectivity index (χ0v) is 14.4. The summed E-state index contributed by atoms with van der Waals surface area (Å²) in [4.78, 5) is 0. The average molecular weight is 371 g/mol. The van der Waals surface area contributed by atoms with Crippen LogP contribution in [0.15, 0.2) is 22.6 Å². The molecule has 0 saturated carbocycles. The molecule has 1 aliphatic rings. The van der Waals surface area contributed by atoms with E-state index in [0.717, 1.165) is 29.5 Å². The SMILES string of the molecule is Cc1ccc2c(c1)CCCC2=NS(=O)(=O)OCC(Cl)(Cl)Cl. The predicted octanol–water partition coefficient (Wildman–Crippen LogP) is 3.75. The number of hydrogen-bond donors (Lipinski definition) is 0. The molecule has 0 radical (unpaired) electrons. The molecule has 0 spiro atoms. The van der Waals surface area contributed by atoms with Gasteiger partial charge in [-0.2, -0.15) is 8.42 Å². The maximum atomic E-state index is 11.8. The van der Waals surface area contributed by atoms with Crippen LogP contribution in [0.2, 0.25) is 0 Å². The lowest BCUT2D eigenvalue weighted by Gasteiger charge is -2.18. The van der Waals surface area contributed by atoms with Crippen LogP contribution < -0.4 is 0 Å². The molecular formula is C13H14Cl3NO3S. The van der Waals surface area contributed by atoms with Crippen molar-refractivity contribution in [3.05, 3.63) is 34.9 Å². The van der Waals surface area contributed by atoms with Crippen LogP contribution in [0.4, 0.5) is 0 Å². The lowest BCUT2D eigenvalue weighted by atomic mass is 9.89. The lowest BCUT2D eigenvalue weighted by molar-refractivity contribution is 0.326. The van der Waals surface area contributed by atoms with Crippen molar-refractivity contribution < 1.29 is 12.6 Å². The van der Waals surface area contributed by atoms with E-state index in [2.05, 4.69) is 8.58 Å². The van der Waals surface area contributed by atoms with E-state index >= 15 is 0 Å². The topological polar surface area (TPSA) is 55.7 Å². The van der Waals surface area contributed by atoms with Crippen molar-refractivity contribution in [1.29, 1.82) is 0 Å². The summed E-state index contributed by atoms with van der Waals surface area (Å²) in [5.74, 6) is 0. The molecule has 0 N–H and O–H groups in total. The zero-order chi connectivity index (χ0) is 15.7. The second kappa shape index (κ2) is 6.42. The third kappa shape index (κ3) is 5.11. The first-order chi connectivity index (χ1) is 9.66. The van der Waals surface area contributed by atoms with Crippen molar-refractivity contribution in [1.82, 2.24) is 0 Å². The van der Waals surface area contributed by atoms with Gasteiger partial charge in [0.2, 0.25) is 3.79 Å². The summed E-state index contributed by atoms with van der Waals surface area (Å²) in [6.07, 6.45) is 2.33. The third-order valence-corrected chi connectivity index (χ3v) is 4.21. The highest BCUT2D eigenvalue weighted by atomic mass is 35.6. The Morgan fingerprint density at radius 2 is 2.00 bits per heavy atom. The van der Waals surface area contributed by atoms with Gasteiger partial charge in [-0.05, 0) is 31.7 Å². The minimum Gasteiger partial charge on any atom is -0.248 e. The first-order valence-electron chi connectivity index (χ1n) is 6.31. The number of alkyl halides is 3. The summed E-state index contributed by atoms with van der Waals surface area (Å²) in [6.45, 7) is 1.42. The van der Waals surface area contributed by atoms with E-state index in [1.807, 2.05) is 25.1 Å². The maximum absolute atomic E-state index is 11.8. The van der Waals surface area contributed by atoms with Gasteiger partial charge in [-0.3, -0.25) is 0 Å². The number of nitrogens with zero attached hydrogens (tertiary/aromatic N) is 1. The van der Waals surface area contributed by atoms with Crippen LogP contribution in [-0.4, -0.2) is 24.5 Å². The summed E-state index contributed by atoms with van der Waals surface area (Å²) in [7, 11) is -4.13. The average Bonchev–Trinajstić information content (AvgIpc) is 2.35. The number of hydrogen-bond acceptors (Lipinski definition) is 3. The fraction of sp³-hybridized carbons (Fsp3) is 0.462. The van der Waals surface area contributed by atoms with Gasteiger partial charge < -0.3 is 0 Å². The van der Waals surface area contributed by atoms with Crippen molar-refractivity contribution in [2.24, 2.45) is 4.40 Å². The summed E-state index contributed by atoms with van der Waals surface area (Å²) in [5.41, 5.74) is 3.55. The number of rotatable bonds is 3. The second-order valence-corrected chi connectivity index (χ2v) is 8.65. The minimum atomic E-state index is -4.13. The van der Waals surface area contributed by atoms with Crippen LogP contribution in [0.25, 0.3) is 0 Å². The predicted molar refractivity (Wildman–Crippen MR) is 85.8 cm³/mol. The van der Waals surface area contributed by atoms with Gasteiger partial charge in [0.15, 0.2) is 0 Å². The molecule has 0 unspecified atom stereocenters. The van der Waals surface area contributed by atoms with Crippen molar-refractivity contribution in [2.75, 3.05) is 6.61 Å². The molecule has 0 atom stereocenters. The highest BCUT2D eigenvalue weighted by molar-refractivity contribution is 7.85. The van der Waals surface area contributed by atoms with Gasteiger partial charge >= 0.3 is 10.3 Å². The van der Waals surface area contributed by atoms with Crippen molar-refractivity contribution in [2.45, 2.75) is 30.0 Å². The molecular weight excluding hydrogens is 357 g/mol. The largest absolute Gasteiger partial charge is 0.381 e. The molecule has 1 aliphatic carbocycles. The van der Waals surface area contributed by atoms with E-state index in [1.54, 1.807) is 0 Å². The van der Waals surface area contributed by atoms with Gasteiger partial charge in [-0.25, -0.2) is 4.18 Å². The van der Waals surface area contributed by atoms with Gasteiger partial charge in [-0.1, -0.05) is 58.6 Å². The monoisotopic (exact) mass is 369 g/mol. The molecule has 0 heterocycles. The van der Waals surface area contributed by atoms with E-state index in [0.29, 0.717) is 12.1 Å². The molecule has 1 aromatic rings. The summed E-state index contributed by atoms with van der Waals surface area (Å²) in [6, 6.07) is 5.85. The number of benzene rings is 1. The Labute approximate surface area is 139 Å². The molecule has 0 fully saturated rings. The highest BCUT2D eigenvalue weighted by Crippen LogP contribution is 2.27. The first kappa shape index (κ1) is 17.0. The molecule has 0 aromatic heterocycles. The van der Waals surface area contributed by atoms with Crippen LogP contribution in [0.1, 0.15) is 29.5 Å². The Hall–Kier alpha value is -0.330. The van der Waals surface area contributed by atoms with Gasteiger partial charge in [0.05, 0.1) is 5.71 Å². The van der Waals surface area contributed by atoms with E-state index in [4.69, 9.17) is 34.8 Å². The Balaban J connectivity index is 2.27. The summed E-state index contributed by atoms with van der Waals surface area (Å²) >= 11 is 16.4. The van der Waals surface area contributed by atoms with Crippen molar-refractivity contribution >= 4 is 50.8 Å². The summed E-state index contributed by atoms with van der Waals surface area (Å²) < 4.78 is 30.2. The Kier molecular flexibility index (Phi) is 5.21. The molecule has 0 bridgehead atoms. The normalized spacial score (nSPS) is 17.8. The quantitative estimate of drug-likeness (QED) is 0.761. The van der Waals surface area contributed by atoms with Gasteiger partial charge in [0.25, 0.3) is 0 Å². The molecule has 0 saturated heterocycles. The molecule has 8 heteroatoms. The van der Waals surface area contributed by atoms with Gasteiger partial charge in [0, 0.05) is 5.56 Å². The molecule has 2 rings (SSSR count). The van der Waals surface area contributed by atoms with Gasteiger partial charge in [0.1, 0.15) is 6.61 Å². The Morgan fingerprint density at radius 3 is 2.67 bits per heavy atom. The highest BCUT2D eigenvalue weighted by Gasteiger charge is 2.25.